The molecule has 0 aromatic carbocycles. The molecule has 0 bridgehead atoms. The number of nitrogens with zero attached hydrogens (tertiary/aromatic N) is 6. The molecule has 0 spiro atoms. The van der Waals surface area contributed by atoms with Gasteiger partial charge in [0.15, 0.2) is 0 Å². The van der Waals surface area contributed by atoms with Crippen LogP contribution < -0.4 is 4.90 Å². The topological polar surface area (TPSA) is 46.8 Å². The third-order valence-electron chi connectivity index (χ3n) is 4.84. The Hall–Kier alpha value is -2.47. The van der Waals surface area contributed by atoms with E-state index >= 15 is 0 Å². The fraction of sp³-hybridized carbons (Fsp3) is 0.421. The summed E-state index contributed by atoms with van der Waals surface area (Å²) >= 11 is 0. The summed E-state index contributed by atoms with van der Waals surface area (Å²) in [6.07, 6.45) is 10.4. The number of rotatable bonds is 6. The normalized spacial score (nSPS) is 19.8. The standard InChI is InChI=1S/C19H27N6/c1-5-25(13-7-6-9-18(25)24-11-8-10-20-24)14-12-23(4)19-21-16(2)15-17(3)22-19/h6-11,15H,5,12-14H2,1-4H3/q+1. The summed E-state index contributed by atoms with van der Waals surface area (Å²) in [4.78, 5) is 11.3. The third-order valence-corrected chi connectivity index (χ3v) is 4.84. The Balaban J connectivity index is 1.79. The van der Waals surface area contributed by atoms with Crippen molar-refractivity contribution in [1.29, 1.82) is 0 Å². The van der Waals surface area contributed by atoms with E-state index in [0.717, 1.165) is 48.0 Å². The molecule has 6 nitrogen and oxygen atoms in total. The lowest BCUT2D eigenvalue weighted by molar-refractivity contribution is -0.855. The Morgan fingerprint density at radius 3 is 2.64 bits per heavy atom. The minimum Gasteiger partial charge on any atom is -0.338 e. The van der Waals surface area contributed by atoms with Gasteiger partial charge in [0.05, 0.1) is 13.1 Å². The number of anilines is 1. The zero-order valence-corrected chi connectivity index (χ0v) is 15.6. The quantitative estimate of drug-likeness (QED) is 0.759. The van der Waals surface area contributed by atoms with Crippen molar-refractivity contribution in [2.75, 3.05) is 38.1 Å². The Morgan fingerprint density at radius 2 is 2.00 bits per heavy atom. The number of hydrogen-bond donors (Lipinski definition) is 0. The fourth-order valence-electron chi connectivity index (χ4n) is 3.34. The zero-order chi connectivity index (χ0) is 17.9. The van der Waals surface area contributed by atoms with Crippen molar-refractivity contribution in [3.05, 3.63) is 54.1 Å². The molecule has 0 saturated heterocycles. The van der Waals surface area contributed by atoms with Gasteiger partial charge in [-0.3, -0.25) is 4.48 Å². The summed E-state index contributed by atoms with van der Waals surface area (Å²) in [6.45, 7) is 10.1. The highest BCUT2D eigenvalue weighted by molar-refractivity contribution is 5.41. The Labute approximate surface area is 149 Å². The van der Waals surface area contributed by atoms with Crippen LogP contribution >= 0.6 is 0 Å². The summed E-state index contributed by atoms with van der Waals surface area (Å²) in [5.41, 5.74) is 2.01. The van der Waals surface area contributed by atoms with Gasteiger partial charge in [0.25, 0.3) is 0 Å². The summed E-state index contributed by atoms with van der Waals surface area (Å²) in [7, 11) is 2.07. The van der Waals surface area contributed by atoms with Gasteiger partial charge in [-0.1, -0.05) is 6.08 Å². The van der Waals surface area contributed by atoms with Crippen LogP contribution in [-0.4, -0.2) is 57.5 Å². The van der Waals surface area contributed by atoms with Gasteiger partial charge in [-0.05, 0) is 39.0 Å². The molecule has 0 aliphatic carbocycles. The average molecular weight is 339 g/mol. The number of quaternary nitrogens is 1. The smallest absolute Gasteiger partial charge is 0.228 e. The Bertz CT molecular complexity index is 757. The minimum absolute atomic E-state index is 0.795. The monoisotopic (exact) mass is 339 g/mol. The second kappa shape index (κ2) is 7.19. The summed E-state index contributed by atoms with van der Waals surface area (Å²) in [6, 6.07) is 3.98. The summed E-state index contributed by atoms with van der Waals surface area (Å²) in [5, 5.41) is 4.45. The maximum atomic E-state index is 4.58. The molecule has 1 atom stereocenters. The van der Waals surface area contributed by atoms with Crippen LogP contribution in [0.4, 0.5) is 5.95 Å². The minimum atomic E-state index is 0.795. The highest BCUT2D eigenvalue weighted by atomic mass is 15.5. The van der Waals surface area contributed by atoms with Crippen LogP contribution in [0.3, 0.4) is 0 Å². The molecular weight excluding hydrogens is 312 g/mol. The molecule has 2 aromatic heterocycles. The van der Waals surface area contributed by atoms with Gasteiger partial charge < -0.3 is 4.90 Å². The molecule has 25 heavy (non-hydrogen) atoms. The Morgan fingerprint density at radius 1 is 1.24 bits per heavy atom. The first-order valence-corrected chi connectivity index (χ1v) is 8.81. The van der Waals surface area contributed by atoms with E-state index in [4.69, 9.17) is 0 Å². The average Bonchev–Trinajstić information content (AvgIpc) is 3.13. The van der Waals surface area contributed by atoms with E-state index in [0.29, 0.717) is 0 Å². The van der Waals surface area contributed by atoms with Gasteiger partial charge in [0, 0.05) is 36.9 Å². The number of aryl methyl sites for hydroxylation is 2. The highest BCUT2D eigenvalue weighted by Gasteiger charge is 2.33. The zero-order valence-electron chi connectivity index (χ0n) is 15.6. The number of likely N-dealkylation sites (N-methyl/N-ethyl adjacent to an activating group) is 2. The number of hydrogen-bond acceptors (Lipinski definition) is 4. The Kier molecular flexibility index (Phi) is 4.99. The van der Waals surface area contributed by atoms with Crippen molar-refractivity contribution in [3.8, 4) is 0 Å². The molecular formula is C19H27N6+. The lowest BCUT2D eigenvalue weighted by Gasteiger charge is -2.39. The van der Waals surface area contributed by atoms with Crippen molar-refractivity contribution < 1.29 is 4.48 Å². The molecule has 3 heterocycles. The van der Waals surface area contributed by atoms with E-state index in [1.807, 2.05) is 43.1 Å². The number of aromatic nitrogens is 4. The molecule has 1 unspecified atom stereocenters. The second-order valence-electron chi connectivity index (χ2n) is 6.64. The van der Waals surface area contributed by atoms with Crippen LogP contribution in [0.1, 0.15) is 18.3 Å². The van der Waals surface area contributed by atoms with Crippen molar-refractivity contribution in [3.63, 3.8) is 0 Å². The summed E-state index contributed by atoms with van der Waals surface area (Å²) < 4.78 is 2.85. The van der Waals surface area contributed by atoms with Crippen LogP contribution in [-0.2, 0) is 0 Å². The van der Waals surface area contributed by atoms with Crippen molar-refractivity contribution in [2.24, 2.45) is 0 Å². The predicted octanol–water partition coefficient (Wildman–Crippen LogP) is 2.63. The first-order chi connectivity index (χ1) is 12.0. The van der Waals surface area contributed by atoms with E-state index in [1.165, 1.54) is 5.82 Å². The van der Waals surface area contributed by atoms with E-state index < -0.39 is 0 Å². The van der Waals surface area contributed by atoms with E-state index in [-0.39, 0.29) is 0 Å². The SMILES string of the molecule is CC[N+]1(CCN(C)c2nc(C)cc(C)n2)CC=CC=C1n1cccn1. The fourth-order valence-corrected chi connectivity index (χ4v) is 3.34. The van der Waals surface area contributed by atoms with Crippen LogP contribution in [0.25, 0.3) is 5.82 Å². The maximum Gasteiger partial charge on any atom is 0.228 e. The van der Waals surface area contributed by atoms with Gasteiger partial charge in [-0.2, -0.15) is 9.78 Å². The first kappa shape index (κ1) is 17.4. The third kappa shape index (κ3) is 3.64. The molecule has 1 aliphatic heterocycles. The van der Waals surface area contributed by atoms with Crippen LogP contribution in [0.15, 0.2) is 42.8 Å². The first-order valence-electron chi connectivity index (χ1n) is 8.81. The molecule has 0 saturated carbocycles. The van der Waals surface area contributed by atoms with Crippen molar-refractivity contribution >= 4 is 11.8 Å². The van der Waals surface area contributed by atoms with Gasteiger partial charge in [0.2, 0.25) is 11.8 Å². The molecule has 0 N–H and O–H groups in total. The van der Waals surface area contributed by atoms with E-state index in [1.54, 1.807) is 0 Å². The molecule has 3 rings (SSSR count). The molecule has 6 heteroatoms. The van der Waals surface area contributed by atoms with Crippen LogP contribution in [0, 0.1) is 13.8 Å². The largest absolute Gasteiger partial charge is 0.338 e. The van der Waals surface area contributed by atoms with Gasteiger partial charge in [-0.15, -0.1) is 0 Å². The van der Waals surface area contributed by atoms with Gasteiger partial charge in [0.1, 0.15) is 13.1 Å². The van der Waals surface area contributed by atoms with Crippen LogP contribution in [0.5, 0.6) is 0 Å². The van der Waals surface area contributed by atoms with Crippen LogP contribution in [0.2, 0.25) is 0 Å². The van der Waals surface area contributed by atoms with Gasteiger partial charge >= 0.3 is 0 Å². The lowest BCUT2D eigenvalue weighted by atomic mass is 10.2. The predicted molar refractivity (Wildman–Crippen MR) is 101 cm³/mol. The molecule has 132 valence electrons. The van der Waals surface area contributed by atoms with Crippen molar-refractivity contribution in [2.45, 2.75) is 20.8 Å². The highest BCUT2D eigenvalue weighted by Crippen LogP contribution is 2.25. The summed E-state index contributed by atoms with van der Waals surface area (Å²) in [5.74, 6) is 2.01. The molecule has 0 amide bonds. The molecule has 2 aromatic rings. The van der Waals surface area contributed by atoms with E-state index in [9.17, 15) is 0 Å². The molecule has 1 aliphatic rings. The second-order valence-corrected chi connectivity index (χ2v) is 6.64. The molecule has 0 radical (unpaired) electrons. The maximum absolute atomic E-state index is 4.58. The number of allylic oxidation sites excluding steroid dienone is 2. The van der Waals surface area contributed by atoms with Gasteiger partial charge in [-0.25, -0.2) is 9.97 Å². The van der Waals surface area contributed by atoms with E-state index in [2.05, 4.69) is 52.2 Å². The molecule has 0 fully saturated rings. The lowest BCUT2D eigenvalue weighted by Crippen LogP contribution is -2.52. The van der Waals surface area contributed by atoms with Crippen molar-refractivity contribution in [1.82, 2.24) is 19.7 Å².